The number of carbonyl (C=O) groups is 1. The maximum Gasteiger partial charge on any atom is 0.243 e. The van der Waals surface area contributed by atoms with E-state index < -0.39 is 10.0 Å². The van der Waals surface area contributed by atoms with E-state index in [1.165, 1.54) is 4.31 Å². The first-order chi connectivity index (χ1) is 12.9. The van der Waals surface area contributed by atoms with Gasteiger partial charge in [-0.2, -0.15) is 4.31 Å². The molecule has 2 aromatic rings. The van der Waals surface area contributed by atoms with Crippen LogP contribution in [0.25, 0.3) is 0 Å². The standard InChI is InChI=1S/C21H26N2O3S/c1-16-10-12-20(13-11-16)27(25,26)23-14-6-9-19(15-23)21(24)22-17(2)18-7-4-3-5-8-18/h3-5,7-8,10-13,17,19H,6,9,14-15H2,1-2H3,(H,22,24)/t17-,19-/m0/s1. The summed E-state index contributed by atoms with van der Waals surface area (Å²) in [6, 6.07) is 16.5. The highest BCUT2D eigenvalue weighted by Crippen LogP contribution is 2.25. The number of nitrogens with zero attached hydrogens (tertiary/aromatic N) is 1. The minimum absolute atomic E-state index is 0.0878. The molecule has 0 aromatic heterocycles. The summed E-state index contributed by atoms with van der Waals surface area (Å²) in [5.74, 6) is -0.416. The van der Waals surface area contributed by atoms with Crippen molar-refractivity contribution in [1.29, 1.82) is 0 Å². The second kappa shape index (κ2) is 8.23. The zero-order valence-electron chi connectivity index (χ0n) is 15.8. The van der Waals surface area contributed by atoms with Crippen molar-refractivity contribution >= 4 is 15.9 Å². The maximum atomic E-state index is 12.9. The Morgan fingerprint density at radius 2 is 1.78 bits per heavy atom. The molecule has 0 unspecified atom stereocenters. The van der Waals surface area contributed by atoms with Gasteiger partial charge in [0.05, 0.1) is 16.9 Å². The van der Waals surface area contributed by atoms with Crippen LogP contribution < -0.4 is 5.32 Å². The Hall–Kier alpha value is -2.18. The van der Waals surface area contributed by atoms with Crippen LogP contribution >= 0.6 is 0 Å². The average molecular weight is 387 g/mol. The van der Waals surface area contributed by atoms with Gasteiger partial charge < -0.3 is 5.32 Å². The van der Waals surface area contributed by atoms with Crippen LogP contribution in [-0.4, -0.2) is 31.7 Å². The highest BCUT2D eigenvalue weighted by atomic mass is 32.2. The van der Waals surface area contributed by atoms with Gasteiger partial charge in [0.25, 0.3) is 0 Å². The molecule has 1 amide bonds. The van der Waals surface area contributed by atoms with Gasteiger partial charge in [0.1, 0.15) is 0 Å². The van der Waals surface area contributed by atoms with Crippen molar-refractivity contribution in [3.05, 3.63) is 65.7 Å². The van der Waals surface area contributed by atoms with E-state index in [0.717, 1.165) is 11.1 Å². The molecule has 1 aliphatic heterocycles. The number of rotatable bonds is 5. The van der Waals surface area contributed by atoms with Crippen LogP contribution in [0.5, 0.6) is 0 Å². The van der Waals surface area contributed by atoms with E-state index in [4.69, 9.17) is 0 Å². The van der Waals surface area contributed by atoms with Gasteiger partial charge in [-0.25, -0.2) is 8.42 Å². The molecule has 144 valence electrons. The van der Waals surface area contributed by atoms with Gasteiger partial charge >= 0.3 is 0 Å². The largest absolute Gasteiger partial charge is 0.349 e. The number of hydrogen-bond acceptors (Lipinski definition) is 3. The summed E-state index contributed by atoms with van der Waals surface area (Å²) in [7, 11) is -3.57. The molecule has 0 spiro atoms. The molecule has 0 radical (unpaired) electrons. The fourth-order valence-corrected chi connectivity index (χ4v) is 4.91. The number of nitrogens with one attached hydrogen (secondary N) is 1. The number of piperidine rings is 1. The fourth-order valence-electron chi connectivity index (χ4n) is 3.39. The quantitative estimate of drug-likeness (QED) is 0.858. The summed E-state index contributed by atoms with van der Waals surface area (Å²) in [6.07, 6.45) is 1.39. The summed E-state index contributed by atoms with van der Waals surface area (Å²) in [6.45, 7) is 4.54. The number of sulfonamides is 1. The van der Waals surface area contributed by atoms with Crippen molar-refractivity contribution in [3.8, 4) is 0 Å². The smallest absolute Gasteiger partial charge is 0.243 e. The van der Waals surface area contributed by atoms with Crippen molar-refractivity contribution in [2.75, 3.05) is 13.1 Å². The number of hydrogen-bond donors (Lipinski definition) is 1. The summed E-state index contributed by atoms with van der Waals surface area (Å²) < 4.78 is 27.3. The summed E-state index contributed by atoms with van der Waals surface area (Å²) >= 11 is 0. The zero-order chi connectivity index (χ0) is 19.4. The number of amides is 1. The first-order valence-electron chi connectivity index (χ1n) is 9.30. The van der Waals surface area contributed by atoms with Crippen LogP contribution in [0.4, 0.5) is 0 Å². The Balaban J connectivity index is 1.68. The predicted octanol–water partition coefficient (Wildman–Crippen LogP) is 3.27. The van der Waals surface area contributed by atoms with E-state index in [0.29, 0.717) is 19.4 Å². The van der Waals surface area contributed by atoms with E-state index in [1.54, 1.807) is 24.3 Å². The lowest BCUT2D eigenvalue weighted by Crippen LogP contribution is -2.45. The van der Waals surface area contributed by atoms with Gasteiger partial charge in [-0.05, 0) is 44.4 Å². The molecule has 1 fully saturated rings. The van der Waals surface area contributed by atoms with Crippen LogP contribution in [0.1, 0.15) is 36.9 Å². The van der Waals surface area contributed by atoms with Crippen LogP contribution in [0.3, 0.4) is 0 Å². The third-order valence-electron chi connectivity index (χ3n) is 5.07. The van der Waals surface area contributed by atoms with Crippen molar-refractivity contribution < 1.29 is 13.2 Å². The average Bonchev–Trinajstić information content (AvgIpc) is 2.69. The van der Waals surface area contributed by atoms with Crippen LogP contribution in [-0.2, 0) is 14.8 Å². The van der Waals surface area contributed by atoms with E-state index in [1.807, 2.05) is 44.2 Å². The van der Waals surface area contributed by atoms with E-state index in [-0.39, 0.29) is 29.3 Å². The van der Waals surface area contributed by atoms with Crippen LogP contribution in [0, 0.1) is 12.8 Å². The minimum atomic E-state index is -3.57. The molecule has 1 N–H and O–H groups in total. The van der Waals surface area contributed by atoms with Gasteiger partial charge in [0.15, 0.2) is 0 Å². The molecule has 1 saturated heterocycles. The second-order valence-corrected chi connectivity index (χ2v) is 9.09. The summed E-state index contributed by atoms with van der Waals surface area (Å²) in [5, 5.41) is 3.02. The molecule has 6 heteroatoms. The molecule has 1 aliphatic rings. The summed E-state index contributed by atoms with van der Waals surface area (Å²) in [5.41, 5.74) is 2.05. The topological polar surface area (TPSA) is 66.5 Å². The Morgan fingerprint density at radius 3 is 2.44 bits per heavy atom. The Labute approximate surface area is 161 Å². The maximum absolute atomic E-state index is 12.9. The van der Waals surface area contributed by atoms with Gasteiger partial charge in [0.2, 0.25) is 15.9 Å². The summed E-state index contributed by atoms with van der Waals surface area (Å²) in [4.78, 5) is 13.0. The van der Waals surface area contributed by atoms with E-state index in [2.05, 4.69) is 5.32 Å². The van der Waals surface area contributed by atoms with E-state index in [9.17, 15) is 13.2 Å². The van der Waals surface area contributed by atoms with Crippen LogP contribution in [0.2, 0.25) is 0 Å². The number of aryl methyl sites for hydroxylation is 1. The van der Waals surface area contributed by atoms with Gasteiger partial charge in [-0.3, -0.25) is 4.79 Å². The third-order valence-corrected chi connectivity index (χ3v) is 6.95. The number of carbonyl (C=O) groups excluding carboxylic acids is 1. The normalized spacial score (nSPS) is 19.4. The van der Waals surface area contributed by atoms with Crippen molar-refractivity contribution in [2.24, 2.45) is 5.92 Å². The molecule has 0 bridgehead atoms. The van der Waals surface area contributed by atoms with Crippen molar-refractivity contribution in [3.63, 3.8) is 0 Å². The van der Waals surface area contributed by atoms with Gasteiger partial charge in [-0.1, -0.05) is 48.0 Å². The lowest BCUT2D eigenvalue weighted by atomic mass is 9.98. The molecule has 5 nitrogen and oxygen atoms in total. The van der Waals surface area contributed by atoms with Crippen LogP contribution in [0.15, 0.2) is 59.5 Å². The Bertz CT molecular complexity index is 879. The highest BCUT2D eigenvalue weighted by molar-refractivity contribution is 7.89. The molecule has 27 heavy (non-hydrogen) atoms. The SMILES string of the molecule is Cc1ccc(S(=O)(=O)N2CCC[C@H](C(=O)N[C@@H](C)c3ccccc3)C2)cc1. The molecule has 2 atom stereocenters. The zero-order valence-corrected chi connectivity index (χ0v) is 16.6. The van der Waals surface area contributed by atoms with Crippen molar-refractivity contribution in [2.45, 2.75) is 37.6 Å². The number of benzene rings is 2. The Morgan fingerprint density at radius 1 is 1.11 bits per heavy atom. The molecule has 1 heterocycles. The lowest BCUT2D eigenvalue weighted by molar-refractivity contribution is -0.126. The molecule has 2 aromatic carbocycles. The predicted molar refractivity (Wildman–Crippen MR) is 106 cm³/mol. The molecule has 0 saturated carbocycles. The van der Waals surface area contributed by atoms with Crippen molar-refractivity contribution in [1.82, 2.24) is 9.62 Å². The minimum Gasteiger partial charge on any atom is -0.349 e. The molecular formula is C21H26N2O3S. The monoisotopic (exact) mass is 386 g/mol. The fraction of sp³-hybridized carbons (Fsp3) is 0.381. The third kappa shape index (κ3) is 4.57. The first-order valence-corrected chi connectivity index (χ1v) is 10.7. The molecular weight excluding hydrogens is 360 g/mol. The lowest BCUT2D eigenvalue weighted by Gasteiger charge is -2.32. The van der Waals surface area contributed by atoms with E-state index >= 15 is 0 Å². The highest BCUT2D eigenvalue weighted by Gasteiger charge is 2.33. The first kappa shape index (κ1) is 19.6. The Kier molecular flexibility index (Phi) is 5.97. The molecule has 3 rings (SSSR count). The second-order valence-electron chi connectivity index (χ2n) is 7.16. The molecule has 0 aliphatic carbocycles. The van der Waals surface area contributed by atoms with Gasteiger partial charge in [0, 0.05) is 13.1 Å². The van der Waals surface area contributed by atoms with Gasteiger partial charge in [-0.15, -0.1) is 0 Å².